The predicted molar refractivity (Wildman–Crippen MR) is 170 cm³/mol. The Morgan fingerprint density at radius 2 is 1.74 bits per heavy atom. The van der Waals surface area contributed by atoms with Gasteiger partial charge in [0.2, 0.25) is 5.91 Å². The van der Waals surface area contributed by atoms with Gasteiger partial charge in [-0.2, -0.15) is 0 Å². The smallest absolute Gasteiger partial charge is 0.345 e. The van der Waals surface area contributed by atoms with E-state index in [4.69, 9.17) is 4.98 Å². The van der Waals surface area contributed by atoms with Crippen molar-refractivity contribution in [3.8, 4) is 21.8 Å². The molecule has 1 aliphatic carbocycles. The number of hydrogen-bond acceptors (Lipinski definition) is 6. The Morgan fingerprint density at radius 1 is 0.952 bits per heavy atom. The first kappa shape index (κ1) is 27.3. The summed E-state index contributed by atoms with van der Waals surface area (Å²) in [5.74, 6) is -0.469. The van der Waals surface area contributed by atoms with E-state index in [0.717, 1.165) is 92.4 Å². The third kappa shape index (κ3) is 4.82. The zero-order valence-corrected chi connectivity index (χ0v) is 25.6. The summed E-state index contributed by atoms with van der Waals surface area (Å²) < 4.78 is 3.14. The number of hydrogen-bond donors (Lipinski definition) is 1. The van der Waals surface area contributed by atoms with Crippen LogP contribution in [-0.2, 0) is 11.3 Å². The lowest BCUT2D eigenvalue weighted by Crippen LogP contribution is -2.31. The lowest BCUT2D eigenvalue weighted by atomic mass is 9.83. The number of amides is 1. The van der Waals surface area contributed by atoms with E-state index in [1.165, 1.54) is 36.2 Å². The van der Waals surface area contributed by atoms with E-state index in [-0.39, 0.29) is 12.5 Å². The van der Waals surface area contributed by atoms with Crippen LogP contribution >= 0.6 is 22.7 Å². The number of carbonyl (C=O) groups is 2. The number of rotatable bonds is 6. The summed E-state index contributed by atoms with van der Waals surface area (Å²) in [5.41, 5.74) is 7.05. The predicted octanol–water partition coefficient (Wildman–Crippen LogP) is 8.03. The minimum absolute atomic E-state index is 0.103. The first-order chi connectivity index (χ1) is 20.4. The van der Waals surface area contributed by atoms with E-state index in [1.54, 1.807) is 17.4 Å². The van der Waals surface area contributed by atoms with Crippen LogP contribution in [0.1, 0.15) is 76.8 Å². The topological polar surface area (TPSA) is 88.3 Å². The molecule has 0 atom stereocenters. The summed E-state index contributed by atoms with van der Waals surface area (Å²) in [6, 6.07) is 12.4. The van der Waals surface area contributed by atoms with Crippen molar-refractivity contribution in [1.29, 1.82) is 0 Å². The molecule has 7 nitrogen and oxygen atoms in total. The molecule has 1 saturated carbocycles. The number of aromatic nitrogens is 3. The molecule has 0 radical (unpaired) electrons. The molecule has 0 spiro atoms. The second-order valence-electron chi connectivity index (χ2n) is 11.7. The van der Waals surface area contributed by atoms with Gasteiger partial charge in [0.05, 0.1) is 42.7 Å². The minimum atomic E-state index is -0.913. The van der Waals surface area contributed by atoms with Crippen LogP contribution in [0.15, 0.2) is 36.4 Å². The Kier molecular flexibility index (Phi) is 7.10. The normalized spacial score (nSPS) is 16.2. The third-order valence-electron chi connectivity index (χ3n) is 8.85. The average Bonchev–Trinajstić information content (AvgIpc) is 3.78. The van der Waals surface area contributed by atoms with E-state index < -0.39 is 5.97 Å². The number of benzene rings is 1. The van der Waals surface area contributed by atoms with E-state index in [0.29, 0.717) is 10.8 Å². The molecule has 5 aromatic rings. The van der Waals surface area contributed by atoms with Gasteiger partial charge in [-0.05, 0) is 80.8 Å². The van der Waals surface area contributed by atoms with Gasteiger partial charge in [0.15, 0.2) is 0 Å². The molecule has 2 aliphatic rings. The maximum Gasteiger partial charge on any atom is 0.345 e. The van der Waals surface area contributed by atoms with Crippen molar-refractivity contribution < 1.29 is 14.7 Å². The highest BCUT2D eigenvalue weighted by Crippen LogP contribution is 2.47. The number of carboxylic acids is 1. The SMILES string of the molecule is Cc1nc(C)c(-c2ccc3cc(-c4c(C5CCCCC5)c5sc(C(=O)O)cc5n4CC(=O)N4CCCC4)ccc3n2)s1. The summed E-state index contributed by atoms with van der Waals surface area (Å²) in [7, 11) is 0. The van der Waals surface area contributed by atoms with Crippen LogP contribution in [-0.4, -0.2) is 49.5 Å². The number of likely N-dealkylation sites (tertiary alicyclic amines) is 1. The second kappa shape index (κ2) is 10.9. The van der Waals surface area contributed by atoms with Crippen molar-refractivity contribution in [1.82, 2.24) is 19.4 Å². The third-order valence-corrected chi connectivity index (χ3v) is 11.1. The summed E-state index contributed by atoms with van der Waals surface area (Å²) in [4.78, 5) is 38.6. The van der Waals surface area contributed by atoms with Gasteiger partial charge in [0, 0.05) is 18.5 Å². The molecule has 1 aliphatic heterocycles. The van der Waals surface area contributed by atoms with Crippen molar-refractivity contribution >= 4 is 55.7 Å². The van der Waals surface area contributed by atoms with Gasteiger partial charge in [0.1, 0.15) is 11.4 Å². The lowest BCUT2D eigenvalue weighted by molar-refractivity contribution is -0.130. The fourth-order valence-corrected chi connectivity index (χ4v) is 8.88. The molecule has 9 heteroatoms. The van der Waals surface area contributed by atoms with Crippen LogP contribution in [0.2, 0.25) is 0 Å². The molecule has 1 aromatic carbocycles. The van der Waals surface area contributed by atoms with Crippen molar-refractivity contribution in [2.24, 2.45) is 0 Å². The molecule has 1 N–H and O–H groups in total. The second-order valence-corrected chi connectivity index (χ2v) is 13.9. The molecule has 42 heavy (non-hydrogen) atoms. The van der Waals surface area contributed by atoms with E-state index in [9.17, 15) is 14.7 Å². The highest BCUT2D eigenvalue weighted by atomic mass is 32.1. The van der Waals surface area contributed by atoms with Crippen LogP contribution in [0, 0.1) is 13.8 Å². The van der Waals surface area contributed by atoms with Crippen LogP contribution in [0.25, 0.3) is 42.9 Å². The summed E-state index contributed by atoms with van der Waals surface area (Å²) in [6.07, 6.45) is 7.81. The van der Waals surface area contributed by atoms with Gasteiger partial charge in [-0.15, -0.1) is 22.7 Å². The average molecular weight is 599 g/mol. The zero-order valence-electron chi connectivity index (χ0n) is 24.0. The van der Waals surface area contributed by atoms with Crippen LogP contribution in [0.5, 0.6) is 0 Å². The number of carbonyl (C=O) groups excluding carboxylic acids is 1. The Balaban J connectivity index is 1.40. The number of carboxylic acid groups (broad SMARTS) is 1. The van der Waals surface area contributed by atoms with E-state index in [1.807, 2.05) is 18.7 Å². The van der Waals surface area contributed by atoms with Crippen molar-refractivity contribution in [2.75, 3.05) is 13.1 Å². The molecule has 0 unspecified atom stereocenters. The maximum atomic E-state index is 13.6. The summed E-state index contributed by atoms with van der Waals surface area (Å²) in [6.45, 7) is 5.85. The fraction of sp³-hybridized carbons (Fsp3) is 0.394. The Bertz CT molecular complexity index is 1840. The maximum absolute atomic E-state index is 13.6. The first-order valence-corrected chi connectivity index (χ1v) is 16.5. The number of pyridine rings is 1. The molecule has 4 aromatic heterocycles. The minimum Gasteiger partial charge on any atom is -0.477 e. The molecular weight excluding hydrogens is 565 g/mol. The largest absolute Gasteiger partial charge is 0.477 e. The Labute approximate surface area is 252 Å². The number of aromatic carboxylic acids is 1. The fourth-order valence-electron chi connectivity index (χ4n) is 6.87. The molecule has 7 rings (SSSR count). The summed E-state index contributed by atoms with van der Waals surface area (Å²) >= 11 is 3.02. The first-order valence-electron chi connectivity index (χ1n) is 14.9. The quantitative estimate of drug-likeness (QED) is 0.214. The monoisotopic (exact) mass is 598 g/mol. The highest BCUT2D eigenvalue weighted by molar-refractivity contribution is 7.21. The Morgan fingerprint density at radius 3 is 2.45 bits per heavy atom. The van der Waals surface area contributed by atoms with Crippen molar-refractivity contribution in [3.05, 3.63) is 57.5 Å². The Hall–Kier alpha value is -3.56. The molecule has 5 heterocycles. The van der Waals surface area contributed by atoms with Crippen LogP contribution in [0.4, 0.5) is 0 Å². The van der Waals surface area contributed by atoms with Crippen LogP contribution in [0.3, 0.4) is 0 Å². The molecule has 0 bridgehead atoms. The van der Waals surface area contributed by atoms with Crippen LogP contribution < -0.4 is 0 Å². The highest BCUT2D eigenvalue weighted by Gasteiger charge is 2.31. The number of thiophene rings is 1. The standard InChI is InChI=1S/C33H34N4O3S2/c1-19-31(41-20(2)34-19)25-13-10-22-16-23(11-12-24(22)35-25)30-29(21-8-4-3-5-9-21)32-26(17-27(42-32)33(39)40)37(30)18-28(38)36-14-6-7-15-36/h10-13,16-17,21H,3-9,14-15,18H2,1-2H3,(H,39,40). The van der Waals surface area contributed by atoms with Crippen molar-refractivity contribution in [2.45, 2.75) is 71.3 Å². The molecule has 2 fully saturated rings. The van der Waals surface area contributed by atoms with Gasteiger partial charge in [-0.25, -0.2) is 14.8 Å². The van der Waals surface area contributed by atoms with E-state index in [2.05, 4.69) is 39.9 Å². The molecular formula is C33H34N4O3S2. The zero-order chi connectivity index (χ0) is 29.0. The van der Waals surface area contributed by atoms with Gasteiger partial charge in [0.25, 0.3) is 0 Å². The van der Waals surface area contributed by atoms with E-state index >= 15 is 0 Å². The molecule has 216 valence electrons. The van der Waals surface area contributed by atoms with Gasteiger partial charge >= 0.3 is 5.97 Å². The van der Waals surface area contributed by atoms with Gasteiger partial charge in [-0.3, -0.25) is 4.79 Å². The molecule has 1 saturated heterocycles. The number of nitrogens with zero attached hydrogens (tertiary/aromatic N) is 4. The number of thiazole rings is 1. The lowest BCUT2D eigenvalue weighted by Gasteiger charge is -2.24. The van der Waals surface area contributed by atoms with Gasteiger partial charge < -0.3 is 14.6 Å². The number of aryl methyl sites for hydroxylation is 2. The summed E-state index contributed by atoms with van der Waals surface area (Å²) in [5, 5.41) is 12.0. The number of fused-ring (bicyclic) bond motifs is 2. The van der Waals surface area contributed by atoms with Crippen molar-refractivity contribution in [3.63, 3.8) is 0 Å². The molecule has 1 amide bonds. The van der Waals surface area contributed by atoms with Gasteiger partial charge in [-0.1, -0.05) is 31.4 Å².